The highest BCUT2D eigenvalue weighted by molar-refractivity contribution is 5.98. The van der Waals surface area contributed by atoms with Crippen molar-refractivity contribution in [2.45, 2.75) is 88.6 Å². The molecule has 32 heavy (non-hydrogen) atoms. The van der Waals surface area contributed by atoms with Gasteiger partial charge in [0.15, 0.2) is 0 Å². The zero-order valence-electron chi connectivity index (χ0n) is 19.1. The van der Waals surface area contributed by atoms with Crippen molar-refractivity contribution in [3.8, 4) is 0 Å². The number of rotatable bonds is 8. The molecule has 8 nitrogen and oxygen atoms in total. The number of hydrogen-bond acceptors (Lipinski definition) is 5. The van der Waals surface area contributed by atoms with E-state index in [9.17, 15) is 24.6 Å². The summed E-state index contributed by atoms with van der Waals surface area (Å²) in [5.74, 6) is -3.56. The van der Waals surface area contributed by atoms with Crippen molar-refractivity contribution in [1.29, 1.82) is 0 Å². The minimum absolute atomic E-state index is 0.0714. The summed E-state index contributed by atoms with van der Waals surface area (Å²) in [6.45, 7) is 7.73. The standard InChI is InChI=1S/C24H36N2O6/c1-4-12-25(15-8-6-5-7-9-15)22(29)20-24-11-10-17(32-24)18(23(30)31)19(24)21(28)26(20)16(13-27)14(2)3/h4,14-20,27H,1,5-13H2,2-3H3,(H,30,31)/t16-,17-,18+,19-,20?,24?/m0/s1. The van der Waals surface area contributed by atoms with Crippen LogP contribution in [0, 0.1) is 17.8 Å². The maximum atomic E-state index is 14.2. The first kappa shape index (κ1) is 23.2. The smallest absolute Gasteiger partial charge is 0.310 e. The molecule has 1 saturated carbocycles. The summed E-state index contributed by atoms with van der Waals surface area (Å²) in [4.78, 5) is 43.4. The average molecular weight is 449 g/mol. The number of nitrogens with zero attached hydrogens (tertiary/aromatic N) is 2. The lowest BCUT2D eigenvalue weighted by molar-refractivity contribution is -0.155. The zero-order valence-corrected chi connectivity index (χ0v) is 19.1. The van der Waals surface area contributed by atoms with Crippen LogP contribution in [-0.4, -0.2) is 80.8 Å². The fraction of sp³-hybridized carbons (Fsp3) is 0.792. The van der Waals surface area contributed by atoms with Gasteiger partial charge >= 0.3 is 5.97 Å². The van der Waals surface area contributed by atoms with Gasteiger partial charge in [0.05, 0.1) is 30.6 Å². The molecule has 1 aliphatic carbocycles. The van der Waals surface area contributed by atoms with Crippen LogP contribution in [0.1, 0.15) is 58.8 Å². The van der Waals surface area contributed by atoms with Crippen LogP contribution >= 0.6 is 0 Å². The topological polar surface area (TPSA) is 107 Å². The van der Waals surface area contributed by atoms with Crippen LogP contribution in [0.2, 0.25) is 0 Å². The molecule has 0 aromatic rings. The van der Waals surface area contributed by atoms with E-state index in [1.54, 1.807) is 6.08 Å². The van der Waals surface area contributed by atoms with E-state index in [2.05, 4.69) is 6.58 Å². The summed E-state index contributed by atoms with van der Waals surface area (Å²) in [6.07, 6.45) is 7.24. The molecule has 4 rings (SSSR count). The van der Waals surface area contributed by atoms with Crippen molar-refractivity contribution in [1.82, 2.24) is 9.80 Å². The highest BCUT2D eigenvalue weighted by atomic mass is 16.5. The Morgan fingerprint density at radius 3 is 2.53 bits per heavy atom. The van der Waals surface area contributed by atoms with E-state index < -0.39 is 41.6 Å². The Bertz CT molecular complexity index is 778. The third-order valence-electron chi connectivity index (χ3n) is 8.20. The molecule has 3 aliphatic heterocycles. The molecule has 1 spiro atoms. The van der Waals surface area contributed by atoms with Gasteiger partial charge in [0.1, 0.15) is 11.6 Å². The van der Waals surface area contributed by atoms with Gasteiger partial charge in [-0.1, -0.05) is 39.2 Å². The lowest BCUT2D eigenvalue weighted by Crippen LogP contribution is -2.61. The molecule has 178 valence electrons. The van der Waals surface area contributed by atoms with Crippen molar-refractivity contribution in [2.24, 2.45) is 17.8 Å². The highest BCUT2D eigenvalue weighted by Gasteiger charge is 2.75. The molecule has 0 aromatic heterocycles. The number of aliphatic carboxylic acids is 1. The lowest BCUT2D eigenvalue weighted by Gasteiger charge is -2.43. The van der Waals surface area contributed by atoms with Crippen molar-refractivity contribution in [3.63, 3.8) is 0 Å². The normalized spacial score (nSPS) is 35.2. The summed E-state index contributed by atoms with van der Waals surface area (Å²) in [5.41, 5.74) is -1.14. The van der Waals surface area contributed by atoms with Gasteiger partial charge in [-0.3, -0.25) is 14.4 Å². The molecule has 4 fully saturated rings. The van der Waals surface area contributed by atoms with Gasteiger partial charge in [0, 0.05) is 12.6 Å². The molecule has 2 unspecified atom stereocenters. The Hall–Kier alpha value is -1.93. The zero-order chi connectivity index (χ0) is 23.2. The van der Waals surface area contributed by atoms with Gasteiger partial charge in [-0.15, -0.1) is 6.58 Å². The average Bonchev–Trinajstić information content (AvgIpc) is 3.40. The van der Waals surface area contributed by atoms with E-state index in [0.29, 0.717) is 19.4 Å². The largest absolute Gasteiger partial charge is 0.481 e. The van der Waals surface area contributed by atoms with Gasteiger partial charge < -0.3 is 24.7 Å². The molecule has 0 aromatic carbocycles. The number of ether oxygens (including phenoxy) is 1. The highest BCUT2D eigenvalue weighted by Crippen LogP contribution is 2.59. The molecule has 2 amide bonds. The number of carboxylic acid groups (broad SMARTS) is 1. The van der Waals surface area contributed by atoms with Gasteiger partial charge in [0.25, 0.3) is 0 Å². The number of aliphatic hydroxyl groups excluding tert-OH is 1. The first-order valence-electron chi connectivity index (χ1n) is 12.0. The van der Waals surface area contributed by atoms with E-state index in [4.69, 9.17) is 4.74 Å². The van der Waals surface area contributed by atoms with Crippen LogP contribution in [0.15, 0.2) is 12.7 Å². The van der Waals surface area contributed by atoms with Crippen molar-refractivity contribution in [2.75, 3.05) is 13.2 Å². The minimum atomic E-state index is -1.14. The quantitative estimate of drug-likeness (QED) is 0.549. The van der Waals surface area contributed by atoms with Gasteiger partial charge in [-0.05, 0) is 31.6 Å². The molecular formula is C24H36N2O6. The monoisotopic (exact) mass is 448 g/mol. The number of likely N-dealkylation sites (tertiary alicyclic amines) is 1. The molecule has 2 bridgehead atoms. The van der Waals surface area contributed by atoms with E-state index >= 15 is 0 Å². The van der Waals surface area contributed by atoms with Crippen molar-refractivity contribution >= 4 is 17.8 Å². The first-order chi connectivity index (χ1) is 15.3. The fourth-order valence-electron chi connectivity index (χ4n) is 6.74. The Labute approximate surface area is 189 Å². The van der Waals surface area contributed by atoms with Crippen LogP contribution in [0.4, 0.5) is 0 Å². The van der Waals surface area contributed by atoms with Gasteiger partial charge in [-0.2, -0.15) is 0 Å². The first-order valence-corrected chi connectivity index (χ1v) is 12.0. The number of carbonyl (C=O) groups excluding carboxylic acids is 2. The summed E-state index contributed by atoms with van der Waals surface area (Å²) in [5, 5.41) is 20.1. The molecule has 3 saturated heterocycles. The van der Waals surface area contributed by atoms with Crippen molar-refractivity contribution < 1.29 is 29.3 Å². The second kappa shape index (κ2) is 8.78. The summed E-state index contributed by atoms with van der Waals surface area (Å²) in [7, 11) is 0. The number of carboxylic acids is 1. The van der Waals surface area contributed by atoms with E-state index in [0.717, 1.165) is 32.1 Å². The predicted molar refractivity (Wildman–Crippen MR) is 117 cm³/mol. The Balaban J connectivity index is 1.78. The Morgan fingerprint density at radius 1 is 1.28 bits per heavy atom. The molecule has 2 N–H and O–H groups in total. The number of hydrogen-bond donors (Lipinski definition) is 2. The Morgan fingerprint density at radius 2 is 1.97 bits per heavy atom. The summed E-state index contributed by atoms with van der Waals surface area (Å²) < 4.78 is 6.28. The van der Waals surface area contributed by atoms with Crippen molar-refractivity contribution in [3.05, 3.63) is 12.7 Å². The second-order valence-corrected chi connectivity index (χ2v) is 10.2. The van der Waals surface area contributed by atoms with Crippen LogP contribution in [-0.2, 0) is 19.1 Å². The SMILES string of the molecule is C=CCN(C(=O)C1N([C@@H](CO)C(C)C)C(=O)[C@@H]2[C@H](C(=O)O)[C@@H]3CCC12O3)C1CCCCC1. The number of aliphatic hydroxyl groups is 1. The molecule has 0 radical (unpaired) electrons. The molecule has 6 atom stereocenters. The van der Waals surface area contributed by atoms with Crippen LogP contribution < -0.4 is 0 Å². The number of fused-ring (bicyclic) bond motifs is 1. The Kier molecular flexibility index (Phi) is 6.38. The van der Waals surface area contributed by atoms with E-state index in [1.165, 1.54) is 4.90 Å². The third kappa shape index (κ3) is 3.37. The predicted octanol–water partition coefficient (Wildman–Crippen LogP) is 1.81. The van der Waals surface area contributed by atoms with Crippen LogP contribution in [0.5, 0.6) is 0 Å². The fourth-order valence-corrected chi connectivity index (χ4v) is 6.74. The van der Waals surface area contributed by atoms with E-state index in [-0.39, 0.29) is 30.4 Å². The summed E-state index contributed by atoms with van der Waals surface area (Å²) >= 11 is 0. The van der Waals surface area contributed by atoms with Gasteiger partial charge in [-0.25, -0.2) is 0 Å². The third-order valence-corrected chi connectivity index (χ3v) is 8.20. The van der Waals surface area contributed by atoms with Crippen LogP contribution in [0.25, 0.3) is 0 Å². The summed E-state index contributed by atoms with van der Waals surface area (Å²) in [6, 6.07) is -1.43. The second-order valence-electron chi connectivity index (χ2n) is 10.2. The lowest BCUT2D eigenvalue weighted by atomic mass is 9.70. The number of carbonyl (C=O) groups is 3. The molecule has 4 aliphatic rings. The maximum Gasteiger partial charge on any atom is 0.310 e. The molecular weight excluding hydrogens is 412 g/mol. The maximum absolute atomic E-state index is 14.2. The van der Waals surface area contributed by atoms with Gasteiger partial charge in [0.2, 0.25) is 11.8 Å². The molecule has 8 heteroatoms. The number of amides is 2. The van der Waals surface area contributed by atoms with E-state index in [1.807, 2.05) is 18.7 Å². The molecule has 3 heterocycles. The minimum Gasteiger partial charge on any atom is -0.481 e. The van der Waals surface area contributed by atoms with Crippen LogP contribution in [0.3, 0.4) is 0 Å².